The summed E-state index contributed by atoms with van der Waals surface area (Å²) in [6.45, 7) is 8.13. The highest BCUT2D eigenvalue weighted by Gasteiger charge is 2.25. The molecule has 3 unspecified atom stereocenters. The zero-order valence-corrected chi connectivity index (χ0v) is 13.3. The highest BCUT2D eigenvalue weighted by atomic mass is 16.3. The number of furan rings is 1. The van der Waals surface area contributed by atoms with Crippen molar-refractivity contribution in [2.24, 2.45) is 11.8 Å². The van der Waals surface area contributed by atoms with Crippen molar-refractivity contribution in [2.45, 2.75) is 26.3 Å². The maximum atomic E-state index is 6.03. The lowest BCUT2D eigenvalue weighted by atomic mass is 9.91. The normalized spacial score (nSPS) is 25.3. The van der Waals surface area contributed by atoms with Gasteiger partial charge in [0, 0.05) is 25.0 Å². The van der Waals surface area contributed by atoms with Crippen LogP contribution in [0.3, 0.4) is 0 Å². The summed E-state index contributed by atoms with van der Waals surface area (Å²) in [5.74, 6) is 2.63. The maximum absolute atomic E-state index is 6.03. The third kappa shape index (κ3) is 3.30. The Morgan fingerprint density at radius 1 is 1.24 bits per heavy atom. The molecular weight excluding hydrogens is 260 g/mol. The van der Waals surface area contributed by atoms with Crippen molar-refractivity contribution < 1.29 is 4.42 Å². The first-order chi connectivity index (χ1) is 10.2. The van der Waals surface area contributed by atoms with E-state index in [0.717, 1.165) is 29.7 Å². The molecule has 1 aromatic carbocycles. The first kappa shape index (κ1) is 14.6. The van der Waals surface area contributed by atoms with Gasteiger partial charge in [0.15, 0.2) is 0 Å². The summed E-state index contributed by atoms with van der Waals surface area (Å²) >= 11 is 0. The van der Waals surface area contributed by atoms with Crippen LogP contribution in [0.2, 0.25) is 0 Å². The van der Waals surface area contributed by atoms with Gasteiger partial charge in [-0.25, -0.2) is 0 Å². The van der Waals surface area contributed by atoms with E-state index in [1.807, 2.05) is 19.2 Å². The maximum Gasteiger partial charge on any atom is 0.134 e. The number of likely N-dealkylation sites (tertiary alicyclic amines) is 1. The van der Waals surface area contributed by atoms with Gasteiger partial charge in [-0.15, -0.1) is 0 Å². The first-order valence-corrected chi connectivity index (χ1v) is 8.03. The monoisotopic (exact) mass is 286 g/mol. The minimum Gasteiger partial charge on any atom is -0.459 e. The number of benzene rings is 1. The van der Waals surface area contributed by atoms with E-state index in [0.29, 0.717) is 0 Å². The Hall–Kier alpha value is -1.32. The molecule has 3 nitrogen and oxygen atoms in total. The van der Waals surface area contributed by atoms with E-state index < -0.39 is 0 Å². The predicted molar refractivity (Wildman–Crippen MR) is 87.4 cm³/mol. The molecule has 1 N–H and O–H groups in total. The molecule has 1 aliphatic heterocycles. The van der Waals surface area contributed by atoms with Crippen LogP contribution >= 0.6 is 0 Å². The van der Waals surface area contributed by atoms with Crippen LogP contribution < -0.4 is 5.32 Å². The highest BCUT2D eigenvalue weighted by Crippen LogP contribution is 2.27. The highest BCUT2D eigenvalue weighted by molar-refractivity contribution is 5.77. The summed E-state index contributed by atoms with van der Waals surface area (Å²) in [5.41, 5.74) is 0.980. The van der Waals surface area contributed by atoms with Gasteiger partial charge in [-0.3, -0.25) is 0 Å². The zero-order valence-electron chi connectivity index (χ0n) is 13.3. The molecule has 0 aliphatic carbocycles. The van der Waals surface area contributed by atoms with Crippen LogP contribution in [0.15, 0.2) is 34.7 Å². The number of para-hydroxylation sites is 1. The fourth-order valence-corrected chi connectivity index (χ4v) is 3.70. The lowest BCUT2D eigenvalue weighted by molar-refractivity contribution is 0.126. The lowest BCUT2D eigenvalue weighted by Gasteiger charge is -2.36. The smallest absolute Gasteiger partial charge is 0.134 e. The molecule has 3 heteroatoms. The third-order valence-electron chi connectivity index (χ3n) is 4.52. The second kappa shape index (κ2) is 6.20. The van der Waals surface area contributed by atoms with Gasteiger partial charge in [0.05, 0.1) is 6.04 Å². The number of rotatable bonds is 4. The molecule has 114 valence electrons. The van der Waals surface area contributed by atoms with E-state index >= 15 is 0 Å². The number of piperidine rings is 1. The molecule has 2 heterocycles. The van der Waals surface area contributed by atoms with E-state index in [1.54, 1.807) is 0 Å². The minimum absolute atomic E-state index is 0.259. The average molecular weight is 286 g/mol. The number of fused-ring (bicyclic) bond motifs is 1. The summed E-state index contributed by atoms with van der Waals surface area (Å²) in [4.78, 5) is 2.58. The van der Waals surface area contributed by atoms with Gasteiger partial charge in [0.25, 0.3) is 0 Å². The SMILES string of the molecule is CNC(CN1CC(C)CC(C)C1)c1cc2ccccc2o1. The van der Waals surface area contributed by atoms with Crippen molar-refractivity contribution in [3.05, 3.63) is 36.1 Å². The Labute approximate surface area is 127 Å². The van der Waals surface area contributed by atoms with Crippen LogP contribution in [-0.4, -0.2) is 31.6 Å². The Morgan fingerprint density at radius 3 is 2.62 bits per heavy atom. The molecular formula is C18H26N2O. The van der Waals surface area contributed by atoms with Crippen molar-refractivity contribution >= 4 is 11.0 Å². The van der Waals surface area contributed by atoms with Crippen LogP contribution in [0, 0.1) is 11.8 Å². The van der Waals surface area contributed by atoms with Crippen molar-refractivity contribution in [3.8, 4) is 0 Å². The van der Waals surface area contributed by atoms with Crippen LogP contribution in [-0.2, 0) is 0 Å². The summed E-state index contributed by atoms with van der Waals surface area (Å²) in [7, 11) is 2.02. The quantitative estimate of drug-likeness (QED) is 0.929. The molecule has 0 radical (unpaired) electrons. The number of nitrogens with zero attached hydrogens (tertiary/aromatic N) is 1. The summed E-state index contributed by atoms with van der Waals surface area (Å²) < 4.78 is 6.03. The number of nitrogens with one attached hydrogen (secondary N) is 1. The number of likely N-dealkylation sites (N-methyl/N-ethyl adjacent to an activating group) is 1. The van der Waals surface area contributed by atoms with Crippen LogP contribution in [0.25, 0.3) is 11.0 Å². The largest absolute Gasteiger partial charge is 0.459 e. The first-order valence-electron chi connectivity index (χ1n) is 8.03. The van der Waals surface area contributed by atoms with E-state index in [4.69, 9.17) is 4.42 Å². The van der Waals surface area contributed by atoms with Crippen molar-refractivity contribution in [2.75, 3.05) is 26.7 Å². The fraction of sp³-hybridized carbons (Fsp3) is 0.556. The molecule has 1 aliphatic rings. The van der Waals surface area contributed by atoms with E-state index in [-0.39, 0.29) is 6.04 Å². The molecule has 0 spiro atoms. The standard InChI is InChI=1S/C18H26N2O/c1-13-8-14(2)11-20(10-13)12-16(19-3)18-9-15-6-4-5-7-17(15)21-18/h4-7,9,13-14,16,19H,8,10-12H2,1-3H3. The van der Waals surface area contributed by atoms with Gasteiger partial charge < -0.3 is 14.6 Å². The minimum atomic E-state index is 0.259. The second-order valence-electron chi connectivity index (χ2n) is 6.69. The number of hydrogen-bond acceptors (Lipinski definition) is 3. The summed E-state index contributed by atoms with van der Waals surface area (Å²) in [6.07, 6.45) is 1.35. The fourth-order valence-electron chi connectivity index (χ4n) is 3.70. The topological polar surface area (TPSA) is 28.4 Å². The molecule has 3 atom stereocenters. The number of hydrogen-bond donors (Lipinski definition) is 1. The van der Waals surface area contributed by atoms with E-state index in [2.05, 4.69) is 42.3 Å². The van der Waals surface area contributed by atoms with Crippen LogP contribution in [0.5, 0.6) is 0 Å². The Morgan fingerprint density at radius 2 is 1.95 bits per heavy atom. The summed E-state index contributed by atoms with van der Waals surface area (Å²) in [6, 6.07) is 10.7. The molecule has 1 aromatic heterocycles. The molecule has 2 aromatic rings. The Bertz CT molecular complexity index is 549. The Kier molecular flexibility index (Phi) is 4.32. The lowest BCUT2D eigenvalue weighted by Crippen LogP contribution is -2.42. The van der Waals surface area contributed by atoms with Crippen molar-refractivity contribution in [3.63, 3.8) is 0 Å². The van der Waals surface area contributed by atoms with Gasteiger partial charge in [-0.05, 0) is 37.4 Å². The predicted octanol–water partition coefficient (Wildman–Crippen LogP) is 3.67. The van der Waals surface area contributed by atoms with E-state index in [9.17, 15) is 0 Å². The second-order valence-corrected chi connectivity index (χ2v) is 6.69. The van der Waals surface area contributed by atoms with Gasteiger partial charge in [0.1, 0.15) is 11.3 Å². The van der Waals surface area contributed by atoms with Gasteiger partial charge in [-0.2, -0.15) is 0 Å². The summed E-state index contributed by atoms with van der Waals surface area (Å²) in [5, 5.41) is 4.61. The van der Waals surface area contributed by atoms with Gasteiger partial charge in [0.2, 0.25) is 0 Å². The zero-order chi connectivity index (χ0) is 14.8. The molecule has 1 fully saturated rings. The van der Waals surface area contributed by atoms with E-state index in [1.165, 1.54) is 24.9 Å². The molecule has 0 saturated carbocycles. The molecule has 3 rings (SSSR count). The molecule has 21 heavy (non-hydrogen) atoms. The van der Waals surface area contributed by atoms with Gasteiger partial charge >= 0.3 is 0 Å². The third-order valence-corrected chi connectivity index (χ3v) is 4.52. The van der Waals surface area contributed by atoms with Gasteiger partial charge in [-0.1, -0.05) is 32.0 Å². The van der Waals surface area contributed by atoms with Crippen LogP contribution in [0.1, 0.15) is 32.1 Å². The molecule has 1 saturated heterocycles. The average Bonchev–Trinajstić information content (AvgIpc) is 2.87. The van der Waals surface area contributed by atoms with Crippen molar-refractivity contribution in [1.29, 1.82) is 0 Å². The van der Waals surface area contributed by atoms with Crippen LogP contribution in [0.4, 0.5) is 0 Å². The van der Waals surface area contributed by atoms with Crippen molar-refractivity contribution in [1.82, 2.24) is 10.2 Å². The molecule has 0 amide bonds. The molecule has 0 bridgehead atoms. The Balaban J connectivity index is 1.75.